The smallest absolute Gasteiger partial charge is 0.0683 e. The monoisotopic (exact) mass is 259 g/mol. The lowest BCUT2D eigenvalue weighted by Gasteiger charge is -2.15. The Morgan fingerprint density at radius 2 is 1.79 bits per heavy atom. The van der Waals surface area contributed by atoms with E-state index in [1.807, 2.05) is 27.9 Å². The normalized spacial score (nSPS) is 10.9. The highest BCUT2D eigenvalue weighted by Crippen LogP contribution is 2.21. The summed E-state index contributed by atoms with van der Waals surface area (Å²) in [7, 11) is 4.08. The third-order valence-electron chi connectivity index (χ3n) is 3.24. The average Bonchev–Trinajstić information content (AvgIpc) is 2.39. The molecule has 1 aromatic carbocycles. The molecular weight excluding hydrogens is 234 g/mol. The summed E-state index contributed by atoms with van der Waals surface area (Å²) in [6.07, 6.45) is 3.15. The van der Waals surface area contributed by atoms with Crippen LogP contribution in [0.1, 0.15) is 33.1 Å². The van der Waals surface area contributed by atoms with Crippen LogP contribution in [-0.4, -0.2) is 20.6 Å². The van der Waals surface area contributed by atoms with Gasteiger partial charge in [0.2, 0.25) is 0 Å². The van der Waals surface area contributed by atoms with Crippen molar-refractivity contribution in [1.82, 2.24) is 0 Å². The van der Waals surface area contributed by atoms with Gasteiger partial charge in [0.15, 0.2) is 0 Å². The van der Waals surface area contributed by atoms with E-state index in [2.05, 4.69) is 40.6 Å². The highest BCUT2D eigenvalue weighted by atomic mass is 15.1. The molecule has 0 radical (unpaired) electrons. The number of nitrogens with zero attached hydrogens (tertiary/aromatic N) is 2. The summed E-state index contributed by atoms with van der Waals surface area (Å²) in [6, 6.07) is 10.8. The molecule has 0 aliphatic carbocycles. The van der Waals surface area contributed by atoms with E-state index in [-0.39, 0.29) is 5.41 Å². The largest absolute Gasteiger partial charge is 0.385 e. The fourth-order valence-corrected chi connectivity index (χ4v) is 1.86. The number of rotatable bonds is 7. The van der Waals surface area contributed by atoms with Gasteiger partial charge in [-0.2, -0.15) is 5.26 Å². The van der Waals surface area contributed by atoms with Crippen LogP contribution >= 0.6 is 0 Å². The SMILES string of the molecule is CN(C)c1ccc(NCCCCC(C)(C)C#N)cc1. The number of unbranched alkanes of at least 4 members (excludes halogenated alkanes) is 1. The fraction of sp³-hybridized carbons (Fsp3) is 0.562. The van der Waals surface area contributed by atoms with Crippen molar-refractivity contribution in [1.29, 1.82) is 5.26 Å². The van der Waals surface area contributed by atoms with Gasteiger partial charge in [-0.15, -0.1) is 0 Å². The second kappa shape index (κ2) is 7.04. The van der Waals surface area contributed by atoms with E-state index in [0.29, 0.717) is 0 Å². The summed E-state index contributed by atoms with van der Waals surface area (Å²) in [6.45, 7) is 4.96. The van der Waals surface area contributed by atoms with Crippen molar-refractivity contribution in [2.75, 3.05) is 30.9 Å². The predicted molar refractivity (Wildman–Crippen MR) is 82.5 cm³/mol. The van der Waals surface area contributed by atoms with E-state index in [1.165, 1.54) is 5.69 Å². The zero-order valence-electron chi connectivity index (χ0n) is 12.5. The number of nitriles is 1. The molecule has 3 heteroatoms. The molecule has 0 saturated carbocycles. The molecule has 0 amide bonds. The van der Waals surface area contributed by atoms with Crippen LogP contribution in [0.5, 0.6) is 0 Å². The van der Waals surface area contributed by atoms with E-state index in [4.69, 9.17) is 5.26 Å². The number of hydrogen-bond acceptors (Lipinski definition) is 3. The van der Waals surface area contributed by atoms with Crippen molar-refractivity contribution in [3.8, 4) is 6.07 Å². The zero-order valence-corrected chi connectivity index (χ0v) is 12.5. The lowest BCUT2D eigenvalue weighted by atomic mass is 9.89. The first-order valence-corrected chi connectivity index (χ1v) is 6.87. The van der Waals surface area contributed by atoms with Crippen LogP contribution in [0.4, 0.5) is 11.4 Å². The average molecular weight is 259 g/mol. The Hall–Kier alpha value is -1.69. The topological polar surface area (TPSA) is 39.1 Å². The van der Waals surface area contributed by atoms with Gasteiger partial charge in [0.1, 0.15) is 0 Å². The Morgan fingerprint density at radius 1 is 1.16 bits per heavy atom. The molecule has 1 aromatic rings. The van der Waals surface area contributed by atoms with Crippen LogP contribution in [-0.2, 0) is 0 Å². The van der Waals surface area contributed by atoms with Gasteiger partial charge in [0.05, 0.1) is 11.5 Å². The molecule has 0 fully saturated rings. The van der Waals surface area contributed by atoms with Crippen molar-refractivity contribution in [3.63, 3.8) is 0 Å². The summed E-state index contributed by atoms with van der Waals surface area (Å²) in [5.41, 5.74) is 2.18. The molecular formula is C16H25N3. The number of benzene rings is 1. The molecule has 0 spiro atoms. The fourth-order valence-electron chi connectivity index (χ4n) is 1.86. The molecule has 0 heterocycles. The van der Waals surface area contributed by atoms with E-state index in [1.54, 1.807) is 0 Å². The molecule has 0 saturated heterocycles. The standard InChI is InChI=1S/C16H25N3/c1-16(2,13-17)11-5-6-12-18-14-7-9-15(10-8-14)19(3)4/h7-10,18H,5-6,11-12H2,1-4H3. The minimum absolute atomic E-state index is 0.187. The summed E-state index contributed by atoms with van der Waals surface area (Å²) >= 11 is 0. The maximum absolute atomic E-state index is 8.93. The molecule has 1 rings (SSSR count). The predicted octanol–water partition coefficient (Wildman–Crippen LogP) is 3.88. The van der Waals surface area contributed by atoms with Crippen LogP contribution in [0.2, 0.25) is 0 Å². The van der Waals surface area contributed by atoms with Gasteiger partial charge in [0.25, 0.3) is 0 Å². The number of nitrogens with one attached hydrogen (secondary N) is 1. The van der Waals surface area contributed by atoms with Gasteiger partial charge in [-0.1, -0.05) is 6.42 Å². The molecule has 0 unspecified atom stereocenters. The van der Waals surface area contributed by atoms with Gasteiger partial charge in [0, 0.05) is 32.0 Å². The van der Waals surface area contributed by atoms with Crippen molar-refractivity contribution in [2.45, 2.75) is 33.1 Å². The second-order valence-electron chi connectivity index (χ2n) is 5.82. The molecule has 0 aliphatic rings. The third-order valence-corrected chi connectivity index (χ3v) is 3.24. The molecule has 1 N–H and O–H groups in total. The molecule has 0 bridgehead atoms. The van der Waals surface area contributed by atoms with Crippen LogP contribution in [0.25, 0.3) is 0 Å². The summed E-state index contributed by atoms with van der Waals surface area (Å²) < 4.78 is 0. The Balaban J connectivity index is 2.25. The first kappa shape index (κ1) is 15.4. The van der Waals surface area contributed by atoms with Crippen LogP contribution in [0.3, 0.4) is 0 Å². The molecule has 0 atom stereocenters. The summed E-state index contributed by atoms with van der Waals surface area (Å²) in [5.74, 6) is 0. The Labute approximate surface area is 117 Å². The van der Waals surface area contributed by atoms with E-state index in [9.17, 15) is 0 Å². The van der Waals surface area contributed by atoms with Crippen molar-refractivity contribution >= 4 is 11.4 Å². The van der Waals surface area contributed by atoms with Gasteiger partial charge in [-0.3, -0.25) is 0 Å². The summed E-state index contributed by atoms with van der Waals surface area (Å²) in [4.78, 5) is 2.09. The first-order valence-electron chi connectivity index (χ1n) is 6.87. The van der Waals surface area contributed by atoms with Crippen LogP contribution < -0.4 is 10.2 Å². The molecule has 19 heavy (non-hydrogen) atoms. The lowest BCUT2D eigenvalue weighted by Crippen LogP contribution is -2.10. The van der Waals surface area contributed by atoms with Gasteiger partial charge in [-0.25, -0.2) is 0 Å². The van der Waals surface area contributed by atoms with Crippen LogP contribution in [0.15, 0.2) is 24.3 Å². The molecule has 3 nitrogen and oxygen atoms in total. The lowest BCUT2D eigenvalue weighted by molar-refractivity contribution is 0.430. The zero-order chi connectivity index (χ0) is 14.3. The molecule has 104 valence electrons. The van der Waals surface area contributed by atoms with E-state index >= 15 is 0 Å². The quantitative estimate of drug-likeness (QED) is 0.755. The minimum Gasteiger partial charge on any atom is -0.385 e. The molecule has 0 aromatic heterocycles. The maximum atomic E-state index is 8.93. The Kier molecular flexibility index (Phi) is 5.69. The van der Waals surface area contributed by atoms with Crippen molar-refractivity contribution < 1.29 is 0 Å². The van der Waals surface area contributed by atoms with Crippen molar-refractivity contribution in [2.24, 2.45) is 5.41 Å². The van der Waals surface area contributed by atoms with Gasteiger partial charge < -0.3 is 10.2 Å². The second-order valence-corrected chi connectivity index (χ2v) is 5.82. The maximum Gasteiger partial charge on any atom is 0.0683 e. The number of hydrogen-bond donors (Lipinski definition) is 1. The van der Waals surface area contributed by atoms with Crippen LogP contribution in [0, 0.1) is 16.7 Å². The highest BCUT2D eigenvalue weighted by Gasteiger charge is 2.15. The summed E-state index contributed by atoms with van der Waals surface area (Å²) in [5, 5.41) is 12.3. The highest BCUT2D eigenvalue weighted by molar-refractivity contribution is 5.54. The minimum atomic E-state index is -0.187. The van der Waals surface area contributed by atoms with Crippen molar-refractivity contribution in [3.05, 3.63) is 24.3 Å². The molecule has 0 aliphatic heterocycles. The van der Waals surface area contributed by atoms with Gasteiger partial charge in [-0.05, 0) is 51.0 Å². The van der Waals surface area contributed by atoms with E-state index < -0.39 is 0 Å². The Morgan fingerprint density at radius 3 is 2.32 bits per heavy atom. The Bertz CT molecular complexity index is 413. The number of anilines is 2. The third kappa shape index (κ3) is 5.65. The van der Waals surface area contributed by atoms with E-state index in [0.717, 1.165) is 31.5 Å². The van der Waals surface area contributed by atoms with Gasteiger partial charge >= 0.3 is 0 Å². The first-order chi connectivity index (χ1) is 8.94.